The molecule has 1 rings (SSSR count). The van der Waals surface area contributed by atoms with Crippen molar-refractivity contribution in [1.82, 2.24) is 5.32 Å². The predicted octanol–water partition coefficient (Wildman–Crippen LogP) is -0.0427. The summed E-state index contributed by atoms with van der Waals surface area (Å²) in [5.41, 5.74) is 0. The average molecular weight is 167 g/mol. The van der Waals surface area contributed by atoms with Crippen molar-refractivity contribution >= 4 is 5.78 Å². The minimum Gasteiger partial charge on any atom is -0.368 e. The summed E-state index contributed by atoms with van der Waals surface area (Å²) < 4.78 is 5.26. The van der Waals surface area contributed by atoms with E-state index in [1.165, 1.54) is 0 Å². The van der Waals surface area contributed by atoms with Gasteiger partial charge < -0.3 is 10.1 Å². The maximum atomic E-state index is 11.3. The van der Waals surface area contributed by atoms with E-state index in [1.54, 1.807) is 0 Å². The smallest absolute Gasteiger partial charge is 0.163 e. The lowest BCUT2D eigenvalue weighted by atomic mass is 10.1. The number of hydrogen-bond donors (Lipinski definition) is 1. The van der Waals surface area contributed by atoms with Crippen molar-refractivity contribution in [2.24, 2.45) is 0 Å². The van der Waals surface area contributed by atoms with Gasteiger partial charge in [-0.15, -0.1) is 12.3 Å². The molecule has 0 saturated carbocycles. The van der Waals surface area contributed by atoms with Crippen LogP contribution < -0.4 is 5.32 Å². The fourth-order valence-electron chi connectivity index (χ4n) is 1.13. The number of carbonyl (C=O) groups excluding carboxylic acids is 1. The zero-order valence-corrected chi connectivity index (χ0v) is 7.01. The highest BCUT2D eigenvalue weighted by molar-refractivity contribution is 5.83. The van der Waals surface area contributed by atoms with Crippen molar-refractivity contribution in [3.05, 3.63) is 0 Å². The Morgan fingerprint density at radius 3 is 3.17 bits per heavy atom. The summed E-state index contributed by atoms with van der Waals surface area (Å²) in [5, 5.41) is 3.09. The van der Waals surface area contributed by atoms with Crippen LogP contribution >= 0.6 is 0 Å². The number of morpholine rings is 1. The lowest BCUT2D eigenvalue weighted by Crippen LogP contribution is -2.42. The molecular formula is C9H13NO2. The van der Waals surface area contributed by atoms with Crippen LogP contribution in [0.2, 0.25) is 0 Å². The highest BCUT2D eigenvalue weighted by Crippen LogP contribution is 2.02. The van der Waals surface area contributed by atoms with Crippen LogP contribution in [-0.2, 0) is 9.53 Å². The Morgan fingerprint density at radius 2 is 2.58 bits per heavy atom. The molecule has 1 N–H and O–H groups in total. The topological polar surface area (TPSA) is 38.3 Å². The molecule has 0 radical (unpaired) electrons. The summed E-state index contributed by atoms with van der Waals surface area (Å²) in [6, 6.07) is 0. The molecule has 1 unspecified atom stereocenters. The summed E-state index contributed by atoms with van der Waals surface area (Å²) in [6.45, 7) is 2.08. The van der Waals surface area contributed by atoms with Crippen molar-refractivity contribution in [3.8, 4) is 12.3 Å². The Hall–Kier alpha value is -0.850. The molecule has 0 spiro atoms. The third kappa shape index (κ3) is 2.65. The van der Waals surface area contributed by atoms with E-state index in [9.17, 15) is 4.79 Å². The number of carbonyl (C=O) groups is 1. The van der Waals surface area contributed by atoms with E-state index in [4.69, 9.17) is 11.2 Å². The normalized spacial score (nSPS) is 23.1. The molecule has 1 saturated heterocycles. The van der Waals surface area contributed by atoms with Crippen LogP contribution in [0.15, 0.2) is 0 Å². The van der Waals surface area contributed by atoms with E-state index in [2.05, 4.69) is 11.2 Å². The van der Waals surface area contributed by atoms with Gasteiger partial charge in [-0.3, -0.25) is 4.79 Å². The van der Waals surface area contributed by atoms with Gasteiger partial charge in [0.15, 0.2) is 5.78 Å². The Bertz CT molecular complexity index is 189. The number of Topliss-reactive ketones (excluding diaryl/α,β-unsaturated/α-hetero) is 1. The molecule has 1 aliphatic heterocycles. The van der Waals surface area contributed by atoms with Crippen LogP contribution in [0.4, 0.5) is 0 Å². The SMILES string of the molecule is C#CCCC(=O)C1CNCCO1. The van der Waals surface area contributed by atoms with Gasteiger partial charge in [0.05, 0.1) is 6.61 Å². The van der Waals surface area contributed by atoms with Gasteiger partial charge in [0, 0.05) is 25.9 Å². The molecule has 0 aromatic heterocycles. The number of ketones is 1. The molecule has 1 atom stereocenters. The number of hydrogen-bond acceptors (Lipinski definition) is 3. The number of ether oxygens (including phenoxy) is 1. The molecule has 0 bridgehead atoms. The predicted molar refractivity (Wildman–Crippen MR) is 45.7 cm³/mol. The monoisotopic (exact) mass is 167 g/mol. The molecule has 1 aliphatic rings. The van der Waals surface area contributed by atoms with E-state index in [1.807, 2.05) is 0 Å². The van der Waals surface area contributed by atoms with E-state index in [0.29, 0.717) is 26.0 Å². The van der Waals surface area contributed by atoms with Crippen molar-refractivity contribution in [2.45, 2.75) is 18.9 Å². The Balaban J connectivity index is 2.26. The first-order chi connectivity index (χ1) is 5.84. The van der Waals surface area contributed by atoms with Gasteiger partial charge in [0.1, 0.15) is 6.10 Å². The van der Waals surface area contributed by atoms with Crippen LogP contribution in [0.25, 0.3) is 0 Å². The lowest BCUT2D eigenvalue weighted by Gasteiger charge is -2.21. The number of nitrogens with one attached hydrogen (secondary N) is 1. The molecule has 1 fully saturated rings. The molecule has 0 aromatic rings. The summed E-state index contributed by atoms with van der Waals surface area (Å²) in [6.07, 6.45) is 5.72. The van der Waals surface area contributed by atoms with Gasteiger partial charge in [0.25, 0.3) is 0 Å². The van der Waals surface area contributed by atoms with Gasteiger partial charge in [0.2, 0.25) is 0 Å². The summed E-state index contributed by atoms with van der Waals surface area (Å²) >= 11 is 0. The second-order valence-corrected chi connectivity index (χ2v) is 2.73. The van der Waals surface area contributed by atoms with Crippen LogP contribution in [0.5, 0.6) is 0 Å². The Kier molecular flexibility index (Phi) is 3.78. The first-order valence-corrected chi connectivity index (χ1v) is 4.13. The fraction of sp³-hybridized carbons (Fsp3) is 0.667. The molecular weight excluding hydrogens is 154 g/mol. The van der Waals surface area contributed by atoms with Gasteiger partial charge in [-0.2, -0.15) is 0 Å². The van der Waals surface area contributed by atoms with Gasteiger partial charge in [-0.05, 0) is 0 Å². The van der Waals surface area contributed by atoms with Crippen molar-refractivity contribution in [2.75, 3.05) is 19.7 Å². The summed E-state index contributed by atoms with van der Waals surface area (Å²) in [7, 11) is 0. The second-order valence-electron chi connectivity index (χ2n) is 2.73. The molecule has 12 heavy (non-hydrogen) atoms. The van der Waals surface area contributed by atoms with Crippen LogP contribution in [0, 0.1) is 12.3 Å². The molecule has 3 nitrogen and oxygen atoms in total. The quantitative estimate of drug-likeness (QED) is 0.599. The Labute approximate surface area is 72.5 Å². The molecule has 1 heterocycles. The Morgan fingerprint density at radius 1 is 1.75 bits per heavy atom. The molecule has 0 aliphatic carbocycles. The summed E-state index contributed by atoms with van der Waals surface area (Å²) in [4.78, 5) is 11.3. The standard InChI is InChI=1S/C9H13NO2/c1-2-3-4-8(11)9-7-10-5-6-12-9/h1,9-10H,3-7H2. The van der Waals surface area contributed by atoms with E-state index in [-0.39, 0.29) is 11.9 Å². The largest absolute Gasteiger partial charge is 0.368 e. The first-order valence-electron chi connectivity index (χ1n) is 4.13. The fourth-order valence-corrected chi connectivity index (χ4v) is 1.13. The van der Waals surface area contributed by atoms with Gasteiger partial charge in [-0.1, -0.05) is 0 Å². The van der Waals surface area contributed by atoms with Crippen LogP contribution in [0.3, 0.4) is 0 Å². The maximum Gasteiger partial charge on any atom is 0.163 e. The van der Waals surface area contributed by atoms with Crippen LogP contribution in [0.1, 0.15) is 12.8 Å². The average Bonchev–Trinajstić information content (AvgIpc) is 2.15. The van der Waals surface area contributed by atoms with E-state index >= 15 is 0 Å². The molecule has 0 amide bonds. The zero-order valence-electron chi connectivity index (χ0n) is 7.01. The second kappa shape index (κ2) is 4.91. The minimum atomic E-state index is -0.271. The minimum absolute atomic E-state index is 0.111. The zero-order chi connectivity index (χ0) is 8.81. The van der Waals surface area contributed by atoms with E-state index < -0.39 is 0 Å². The maximum absolute atomic E-state index is 11.3. The number of terminal acetylenes is 1. The van der Waals surface area contributed by atoms with Gasteiger partial charge >= 0.3 is 0 Å². The van der Waals surface area contributed by atoms with Gasteiger partial charge in [-0.25, -0.2) is 0 Å². The van der Waals surface area contributed by atoms with Crippen molar-refractivity contribution in [1.29, 1.82) is 0 Å². The molecule has 66 valence electrons. The summed E-state index contributed by atoms with van der Waals surface area (Å²) in [5.74, 6) is 2.55. The molecule has 0 aromatic carbocycles. The number of rotatable bonds is 3. The molecule has 3 heteroatoms. The van der Waals surface area contributed by atoms with Crippen molar-refractivity contribution in [3.63, 3.8) is 0 Å². The van der Waals surface area contributed by atoms with Crippen molar-refractivity contribution < 1.29 is 9.53 Å². The third-order valence-electron chi connectivity index (χ3n) is 1.80. The third-order valence-corrected chi connectivity index (χ3v) is 1.80. The highest BCUT2D eigenvalue weighted by Gasteiger charge is 2.20. The van der Waals surface area contributed by atoms with E-state index in [0.717, 1.165) is 6.54 Å². The first kappa shape index (κ1) is 9.24. The van der Waals surface area contributed by atoms with Crippen LogP contribution in [-0.4, -0.2) is 31.6 Å². The lowest BCUT2D eigenvalue weighted by molar-refractivity contribution is -0.131. The highest BCUT2D eigenvalue weighted by atomic mass is 16.5.